The fraction of sp³-hybridized carbons (Fsp3) is 0.360. The van der Waals surface area contributed by atoms with Gasteiger partial charge in [0.15, 0.2) is 5.82 Å². The summed E-state index contributed by atoms with van der Waals surface area (Å²) in [6.45, 7) is 12.7. The van der Waals surface area contributed by atoms with E-state index in [2.05, 4.69) is 44.8 Å². The van der Waals surface area contributed by atoms with E-state index in [4.69, 9.17) is 4.52 Å². The largest absolute Gasteiger partial charge is 0.359 e. The molecule has 0 aliphatic rings. The molecule has 34 heavy (non-hydrogen) atoms. The molecule has 3 amide bonds. The van der Waals surface area contributed by atoms with Crippen molar-refractivity contribution < 1.29 is 14.1 Å². The van der Waals surface area contributed by atoms with Crippen molar-refractivity contribution in [2.24, 2.45) is 0 Å². The van der Waals surface area contributed by atoms with Gasteiger partial charge in [0, 0.05) is 29.4 Å². The molecule has 0 saturated carbocycles. The van der Waals surface area contributed by atoms with Crippen LogP contribution in [0.5, 0.6) is 0 Å². The summed E-state index contributed by atoms with van der Waals surface area (Å²) in [4.78, 5) is 31.6. The second-order valence-electron chi connectivity index (χ2n) is 8.91. The first-order valence-corrected chi connectivity index (χ1v) is 11.3. The lowest BCUT2D eigenvalue weighted by Crippen LogP contribution is -2.23. The summed E-state index contributed by atoms with van der Waals surface area (Å²) in [5, 5.41) is 12.1. The minimum atomic E-state index is -0.445. The SMILES string of the molecule is CCN(CC)Cc1cccc(C(=O)Nc2ccc(NC(=O)Nc3cc(C(C)(C)C)on3)cc2)n1. The van der Waals surface area contributed by atoms with Gasteiger partial charge in [0.1, 0.15) is 11.5 Å². The normalized spacial score (nSPS) is 11.4. The van der Waals surface area contributed by atoms with Crippen molar-refractivity contribution in [2.75, 3.05) is 29.0 Å². The van der Waals surface area contributed by atoms with E-state index in [-0.39, 0.29) is 11.3 Å². The molecule has 1 aromatic carbocycles. The molecule has 3 rings (SSSR count). The number of rotatable bonds is 8. The van der Waals surface area contributed by atoms with E-state index in [0.717, 1.165) is 18.8 Å². The highest BCUT2D eigenvalue weighted by molar-refractivity contribution is 6.03. The zero-order chi connectivity index (χ0) is 24.7. The van der Waals surface area contributed by atoms with Crippen LogP contribution >= 0.6 is 0 Å². The van der Waals surface area contributed by atoms with Gasteiger partial charge in [-0.25, -0.2) is 9.78 Å². The van der Waals surface area contributed by atoms with Gasteiger partial charge >= 0.3 is 6.03 Å². The Bertz CT molecular complexity index is 1110. The highest BCUT2D eigenvalue weighted by atomic mass is 16.5. The first-order chi connectivity index (χ1) is 16.2. The van der Waals surface area contributed by atoms with E-state index in [0.29, 0.717) is 35.2 Å². The van der Waals surface area contributed by atoms with Gasteiger partial charge < -0.3 is 15.2 Å². The van der Waals surface area contributed by atoms with E-state index in [1.165, 1.54) is 0 Å². The van der Waals surface area contributed by atoms with Crippen molar-refractivity contribution in [3.05, 3.63) is 65.7 Å². The molecule has 0 aliphatic carbocycles. The first-order valence-electron chi connectivity index (χ1n) is 11.3. The van der Waals surface area contributed by atoms with Crippen molar-refractivity contribution in [1.82, 2.24) is 15.0 Å². The highest BCUT2D eigenvalue weighted by Gasteiger charge is 2.20. The topological polar surface area (TPSA) is 112 Å². The maximum atomic E-state index is 12.6. The van der Waals surface area contributed by atoms with E-state index >= 15 is 0 Å². The lowest BCUT2D eigenvalue weighted by molar-refractivity contribution is 0.102. The van der Waals surface area contributed by atoms with E-state index < -0.39 is 6.03 Å². The van der Waals surface area contributed by atoms with E-state index in [1.54, 1.807) is 36.4 Å². The number of carbonyl (C=O) groups is 2. The highest BCUT2D eigenvalue weighted by Crippen LogP contribution is 2.24. The molecule has 2 aromatic heterocycles. The van der Waals surface area contributed by atoms with Crippen LogP contribution in [0.3, 0.4) is 0 Å². The summed E-state index contributed by atoms with van der Waals surface area (Å²) in [6, 6.07) is 13.5. The van der Waals surface area contributed by atoms with Gasteiger partial charge in [-0.15, -0.1) is 0 Å². The summed E-state index contributed by atoms with van der Waals surface area (Å²) in [6.07, 6.45) is 0. The van der Waals surface area contributed by atoms with Crippen molar-refractivity contribution in [3.8, 4) is 0 Å². The number of nitrogens with zero attached hydrogens (tertiary/aromatic N) is 3. The van der Waals surface area contributed by atoms with E-state index in [1.807, 2.05) is 32.9 Å². The third-order valence-corrected chi connectivity index (χ3v) is 5.21. The molecular weight excluding hydrogens is 432 g/mol. The van der Waals surface area contributed by atoms with Gasteiger partial charge in [0.05, 0.1) is 5.69 Å². The Hall–Kier alpha value is -3.72. The van der Waals surface area contributed by atoms with Crippen molar-refractivity contribution >= 4 is 29.1 Å². The maximum absolute atomic E-state index is 12.6. The Labute approximate surface area is 199 Å². The Morgan fingerprint density at radius 2 is 1.59 bits per heavy atom. The molecule has 0 aliphatic heterocycles. The quantitative estimate of drug-likeness (QED) is 0.427. The first kappa shape index (κ1) is 24.9. The predicted octanol–water partition coefficient (Wildman–Crippen LogP) is 5.11. The van der Waals surface area contributed by atoms with Crippen LogP contribution in [-0.2, 0) is 12.0 Å². The van der Waals surface area contributed by atoms with Crippen LogP contribution in [0, 0.1) is 0 Å². The number of aromatic nitrogens is 2. The molecule has 180 valence electrons. The van der Waals surface area contributed by atoms with Gasteiger partial charge in [-0.2, -0.15) is 0 Å². The van der Waals surface area contributed by atoms with Crippen LogP contribution in [0.15, 0.2) is 53.1 Å². The molecule has 0 unspecified atom stereocenters. The van der Waals surface area contributed by atoms with Gasteiger partial charge in [0.25, 0.3) is 5.91 Å². The number of hydrogen-bond donors (Lipinski definition) is 3. The standard InChI is InChI=1S/C25H32N6O3/c1-6-31(7-2)16-19-9-8-10-20(26-19)23(32)27-17-11-13-18(14-12-17)28-24(33)29-22-15-21(34-30-22)25(3,4)5/h8-15H,6-7,16H2,1-5H3,(H,27,32)(H2,28,29,30,33). The summed E-state index contributed by atoms with van der Waals surface area (Å²) in [7, 11) is 0. The van der Waals surface area contributed by atoms with Crippen molar-refractivity contribution in [2.45, 2.75) is 46.6 Å². The zero-order valence-corrected chi connectivity index (χ0v) is 20.3. The third-order valence-electron chi connectivity index (χ3n) is 5.21. The summed E-state index contributed by atoms with van der Waals surface area (Å²) in [5.74, 6) is 0.721. The van der Waals surface area contributed by atoms with Crippen LogP contribution in [0.2, 0.25) is 0 Å². The minimum absolute atomic E-state index is 0.203. The van der Waals surface area contributed by atoms with Crippen molar-refractivity contribution in [3.63, 3.8) is 0 Å². The number of benzene rings is 1. The number of amides is 3. The Kier molecular flexibility index (Phi) is 8.01. The van der Waals surface area contributed by atoms with Crippen LogP contribution < -0.4 is 16.0 Å². The number of nitrogens with one attached hydrogen (secondary N) is 3. The number of hydrogen-bond acceptors (Lipinski definition) is 6. The Morgan fingerprint density at radius 1 is 0.941 bits per heavy atom. The van der Waals surface area contributed by atoms with Gasteiger partial charge in [-0.05, 0) is 49.5 Å². The molecular formula is C25H32N6O3. The number of carbonyl (C=O) groups excluding carboxylic acids is 2. The number of anilines is 3. The summed E-state index contributed by atoms with van der Waals surface area (Å²) in [5.41, 5.74) is 2.16. The molecule has 3 N–H and O–H groups in total. The Balaban J connectivity index is 1.56. The van der Waals surface area contributed by atoms with Crippen molar-refractivity contribution in [1.29, 1.82) is 0 Å². The van der Waals surface area contributed by atoms with Gasteiger partial charge in [-0.1, -0.05) is 45.8 Å². The molecule has 9 heteroatoms. The molecule has 0 spiro atoms. The monoisotopic (exact) mass is 464 g/mol. The predicted molar refractivity (Wildman–Crippen MR) is 133 cm³/mol. The second kappa shape index (κ2) is 10.9. The fourth-order valence-electron chi connectivity index (χ4n) is 3.17. The van der Waals surface area contributed by atoms with E-state index in [9.17, 15) is 9.59 Å². The average molecular weight is 465 g/mol. The molecule has 0 saturated heterocycles. The molecule has 0 atom stereocenters. The minimum Gasteiger partial charge on any atom is -0.359 e. The van der Waals surface area contributed by atoms with Gasteiger partial charge in [-0.3, -0.25) is 15.0 Å². The smallest absolute Gasteiger partial charge is 0.324 e. The second-order valence-corrected chi connectivity index (χ2v) is 8.91. The molecule has 2 heterocycles. The van der Waals surface area contributed by atoms with Crippen LogP contribution in [0.25, 0.3) is 0 Å². The summed E-state index contributed by atoms with van der Waals surface area (Å²) >= 11 is 0. The summed E-state index contributed by atoms with van der Waals surface area (Å²) < 4.78 is 5.27. The molecule has 0 bridgehead atoms. The van der Waals surface area contributed by atoms with Gasteiger partial charge in [0.2, 0.25) is 0 Å². The maximum Gasteiger partial charge on any atom is 0.324 e. The van der Waals surface area contributed by atoms with Crippen LogP contribution in [-0.4, -0.2) is 40.1 Å². The number of pyridine rings is 1. The molecule has 9 nitrogen and oxygen atoms in total. The molecule has 0 fully saturated rings. The molecule has 0 radical (unpaired) electrons. The molecule has 3 aromatic rings. The fourth-order valence-corrected chi connectivity index (χ4v) is 3.17. The zero-order valence-electron chi connectivity index (χ0n) is 20.3. The lowest BCUT2D eigenvalue weighted by Gasteiger charge is -2.17. The Morgan fingerprint density at radius 3 is 2.18 bits per heavy atom. The van der Waals surface area contributed by atoms with Crippen LogP contribution in [0.4, 0.5) is 22.0 Å². The number of urea groups is 1. The third kappa shape index (κ3) is 6.89. The average Bonchev–Trinajstić information content (AvgIpc) is 3.28. The van der Waals surface area contributed by atoms with Crippen LogP contribution in [0.1, 0.15) is 56.6 Å². The lowest BCUT2D eigenvalue weighted by atomic mass is 9.93.